The zero-order chi connectivity index (χ0) is 15.9. The normalized spacial score (nSPS) is 10.3. The number of carbonyl (C=O) groups excluding carboxylic acids is 1. The third kappa shape index (κ3) is 4.46. The van der Waals surface area contributed by atoms with Gasteiger partial charge in [-0.3, -0.25) is 4.79 Å². The second-order valence-corrected chi connectivity index (χ2v) is 5.17. The van der Waals surface area contributed by atoms with E-state index in [4.69, 9.17) is 16.3 Å². The summed E-state index contributed by atoms with van der Waals surface area (Å²) in [6.07, 6.45) is 0. The van der Waals surface area contributed by atoms with E-state index in [1.807, 2.05) is 37.3 Å². The van der Waals surface area contributed by atoms with Gasteiger partial charge in [0.05, 0.1) is 5.02 Å². The smallest absolute Gasteiger partial charge is 0.260 e. The van der Waals surface area contributed by atoms with Crippen LogP contribution in [0.3, 0.4) is 0 Å². The largest absolute Gasteiger partial charge is 0.484 e. The molecule has 2 rings (SSSR count). The van der Waals surface area contributed by atoms with Gasteiger partial charge in [0.1, 0.15) is 11.6 Å². The summed E-state index contributed by atoms with van der Waals surface area (Å²) < 4.78 is 18.4. The first kappa shape index (κ1) is 16.3. The van der Waals surface area contributed by atoms with Gasteiger partial charge in [-0.15, -0.1) is 0 Å². The van der Waals surface area contributed by atoms with Gasteiger partial charge in [-0.1, -0.05) is 41.9 Å². The molecule has 3 nitrogen and oxygen atoms in total. The standard InChI is InChI=1S/C17H17ClFNO2/c1-2-20(11-13-6-4-3-5-7-13)17(21)12-22-14-8-9-16(19)15(18)10-14/h3-10H,2,11-12H2,1H3. The highest BCUT2D eigenvalue weighted by atomic mass is 35.5. The fraction of sp³-hybridized carbons (Fsp3) is 0.235. The van der Waals surface area contributed by atoms with E-state index in [0.29, 0.717) is 18.8 Å². The molecule has 2 aromatic carbocycles. The lowest BCUT2D eigenvalue weighted by molar-refractivity contribution is -0.133. The molecular weight excluding hydrogens is 305 g/mol. The zero-order valence-corrected chi connectivity index (χ0v) is 13.0. The summed E-state index contributed by atoms with van der Waals surface area (Å²) in [7, 11) is 0. The maximum atomic E-state index is 13.1. The number of halogens is 2. The van der Waals surface area contributed by atoms with Crippen molar-refractivity contribution in [3.8, 4) is 5.75 Å². The van der Waals surface area contributed by atoms with Gasteiger partial charge in [0.25, 0.3) is 5.91 Å². The van der Waals surface area contributed by atoms with Gasteiger partial charge in [-0.05, 0) is 24.6 Å². The molecule has 116 valence electrons. The van der Waals surface area contributed by atoms with Crippen LogP contribution in [0.4, 0.5) is 4.39 Å². The van der Waals surface area contributed by atoms with Gasteiger partial charge in [-0.25, -0.2) is 4.39 Å². The predicted octanol–water partition coefficient (Wildman–Crippen LogP) is 3.91. The van der Waals surface area contributed by atoms with Gasteiger partial charge in [0.2, 0.25) is 0 Å². The number of ether oxygens (including phenoxy) is 1. The molecular formula is C17H17ClFNO2. The van der Waals surface area contributed by atoms with E-state index < -0.39 is 5.82 Å². The van der Waals surface area contributed by atoms with Crippen molar-refractivity contribution >= 4 is 17.5 Å². The Morgan fingerprint density at radius 1 is 1.23 bits per heavy atom. The first-order valence-electron chi connectivity index (χ1n) is 6.99. The van der Waals surface area contributed by atoms with Crippen molar-refractivity contribution < 1.29 is 13.9 Å². The molecule has 1 amide bonds. The topological polar surface area (TPSA) is 29.5 Å². The summed E-state index contributed by atoms with van der Waals surface area (Å²) in [6, 6.07) is 13.8. The first-order valence-corrected chi connectivity index (χ1v) is 7.37. The van der Waals surface area contributed by atoms with E-state index in [2.05, 4.69) is 0 Å². The minimum Gasteiger partial charge on any atom is -0.484 e. The summed E-state index contributed by atoms with van der Waals surface area (Å²) in [4.78, 5) is 13.9. The van der Waals surface area contributed by atoms with Crippen molar-refractivity contribution in [2.45, 2.75) is 13.5 Å². The summed E-state index contributed by atoms with van der Waals surface area (Å²) >= 11 is 5.68. The Balaban J connectivity index is 1.93. The Hall–Kier alpha value is -2.07. The van der Waals surface area contributed by atoms with E-state index >= 15 is 0 Å². The van der Waals surface area contributed by atoms with E-state index in [0.717, 1.165) is 5.56 Å². The van der Waals surface area contributed by atoms with Crippen molar-refractivity contribution in [2.24, 2.45) is 0 Å². The monoisotopic (exact) mass is 321 g/mol. The van der Waals surface area contributed by atoms with Crippen LogP contribution < -0.4 is 4.74 Å². The molecule has 0 aliphatic carbocycles. The van der Waals surface area contributed by atoms with Gasteiger partial charge >= 0.3 is 0 Å². The minimum atomic E-state index is -0.514. The van der Waals surface area contributed by atoms with Crippen LogP contribution in [-0.4, -0.2) is 24.0 Å². The third-order valence-corrected chi connectivity index (χ3v) is 3.49. The fourth-order valence-electron chi connectivity index (χ4n) is 1.98. The molecule has 0 radical (unpaired) electrons. The van der Waals surface area contributed by atoms with Gasteiger partial charge in [-0.2, -0.15) is 0 Å². The van der Waals surface area contributed by atoms with Crippen LogP contribution in [0.1, 0.15) is 12.5 Å². The minimum absolute atomic E-state index is 0.0263. The highest BCUT2D eigenvalue weighted by Crippen LogP contribution is 2.21. The van der Waals surface area contributed by atoms with Gasteiger partial charge in [0.15, 0.2) is 6.61 Å². The third-order valence-electron chi connectivity index (χ3n) is 3.20. The van der Waals surface area contributed by atoms with E-state index in [1.165, 1.54) is 18.2 Å². The Morgan fingerprint density at radius 3 is 2.59 bits per heavy atom. The molecule has 2 aromatic rings. The summed E-state index contributed by atoms with van der Waals surface area (Å²) in [5, 5.41) is -0.0263. The van der Waals surface area contributed by atoms with Crippen molar-refractivity contribution in [3.05, 3.63) is 64.9 Å². The molecule has 0 fully saturated rings. The average molecular weight is 322 g/mol. The molecule has 0 spiro atoms. The van der Waals surface area contributed by atoms with Crippen molar-refractivity contribution in [3.63, 3.8) is 0 Å². The Kier molecular flexibility index (Phi) is 5.78. The van der Waals surface area contributed by atoms with E-state index in [-0.39, 0.29) is 17.5 Å². The molecule has 0 unspecified atom stereocenters. The number of hydrogen-bond acceptors (Lipinski definition) is 2. The number of rotatable bonds is 6. The quantitative estimate of drug-likeness (QED) is 0.807. The SMILES string of the molecule is CCN(Cc1ccccc1)C(=O)COc1ccc(F)c(Cl)c1. The van der Waals surface area contributed by atoms with Crippen LogP contribution in [0.25, 0.3) is 0 Å². The molecule has 0 aliphatic rings. The molecule has 0 heterocycles. The molecule has 0 aromatic heterocycles. The first-order chi connectivity index (χ1) is 10.6. The Labute approximate surface area is 134 Å². The second-order valence-electron chi connectivity index (χ2n) is 4.76. The molecule has 0 saturated carbocycles. The molecule has 22 heavy (non-hydrogen) atoms. The lowest BCUT2D eigenvalue weighted by Crippen LogP contribution is -2.34. The lowest BCUT2D eigenvalue weighted by Gasteiger charge is -2.21. The molecule has 5 heteroatoms. The highest BCUT2D eigenvalue weighted by Gasteiger charge is 2.13. The predicted molar refractivity (Wildman–Crippen MR) is 84.4 cm³/mol. The van der Waals surface area contributed by atoms with Crippen molar-refractivity contribution in [1.29, 1.82) is 0 Å². The number of likely N-dealkylation sites (N-methyl/N-ethyl adjacent to an activating group) is 1. The summed E-state index contributed by atoms with van der Waals surface area (Å²) in [5.74, 6) is -0.276. The van der Waals surface area contributed by atoms with Crippen LogP contribution in [0, 0.1) is 5.82 Å². The van der Waals surface area contributed by atoms with Crippen molar-refractivity contribution in [2.75, 3.05) is 13.2 Å². The van der Waals surface area contributed by atoms with Crippen LogP contribution in [0.2, 0.25) is 5.02 Å². The van der Waals surface area contributed by atoms with Crippen molar-refractivity contribution in [1.82, 2.24) is 4.90 Å². The molecule has 0 bridgehead atoms. The zero-order valence-electron chi connectivity index (χ0n) is 12.3. The van der Waals surface area contributed by atoms with Crippen LogP contribution in [0.15, 0.2) is 48.5 Å². The van der Waals surface area contributed by atoms with Crippen LogP contribution in [0.5, 0.6) is 5.75 Å². The molecule has 0 N–H and O–H groups in total. The fourth-order valence-corrected chi connectivity index (χ4v) is 2.15. The maximum Gasteiger partial charge on any atom is 0.260 e. The average Bonchev–Trinajstić information content (AvgIpc) is 2.54. The van der Waals surface area contributed by atoms with E-state index in [9.17, 15) is 9.18 Å². The number of benzene rings is 2. The summed E-state index contributed by atoms with van der Waals surface area (Å²) in [5.41, 5.74) is 1.06. The number of hydrogen-bond donors (Lipinski definition) is 0. The number of amides is 1. The highest BCUT2D eigenvalue weighted by molar-refractivity contribution is 6.30. The number of nitrogens with zero attached hydrogens (tertiary/aromatic N) is 1. The van der Waals surface area contributed by atoms with Crippen LogP contribution >= 0.6 is 11.6 Å². The molecule has 0 atom stereocenters. The second kappa shape index (κ2) is 7.80. The maximum absolute atomic E-state index is 13.1. The number of carbonyl (C=O) groups is 1. The molecule has 0 aliphatic heterocycles. The van der Waals surface area contributed by atoms with Crippen LogP contribution in [-0.2, 0) is 11.3 Å². The van der Waals surface area contributed by atoms with E-state index in [1.54, 1.807) is 4.90 Å². The Bertz CT molecular complexity index is 634. The molecule has 0 saturated heterocycles. The Morgan fingerprint density at radius 2 is 1.95 bits per heavy atom. The van der Waals surface area contributed by atoms with Gasteiger partial charge in [0, 0.05) is 19.2 Å². The van der Waals surface area contributed by atoms with Gasteiger partial charge < -0.3 is 9.64 Å². The summed E-state index contributed by atoms with van der Waals surface area (Å²) in [6.45, 7) is 2.92. The lowest BCUT2D eigenvalue weighted by atomic mass is 10.2.